The van der Waals surface area contributed by atoms with Crippen molar-refractivity contribution in [3.63, 3.8) is 0 Å². The van der Waals surface area contributed by atoms with Crippen LogP contribution in [-0.4, -0.2) is 34.0 Å². The quantitative estimate of drug-likeness (QED) is 0.775. The second-order valence-corrected chi connectivity index (χ2v) is 6.02. The van der Waals surface area contributed by atoms with Gasteiger partial charge >= 0.3 is 0 Å². The second-order valence-electron chi connectivity index (χ2n) is 6.02. The van der Waals surface area contributed by atoms with Crippen molar-refractivity contribution >= 4 is 5.91 Å². The van der Waals surface area contributed by atoms with Gasteiger partial charge in [-0.2, -0.15) is 0 Å². The number of benzene rings is 1. The van der Waals surface area contributed by atoms with Gasteiger partial charge in [0.2, 0.25) is 5.91 Å². The number of carbonyl (C=O) groups excluding carboxylic acids is 1. The van der Waals surface area contributed by atoms with E-state index in [1.54, 1.807) is 24.1 Å². The number of aromatic nitrogens is 2. The van der Waals surface area contributed by atoms with Crippen molar-refractivity contribution in [2.24, 2.45) is 0 Å². The maximum absolute atomic E-state index is 13.2. The van der Waals surface area contributed by atoms with E-state index in [4.69, 9.17) is 0 Å². The summed E-state index contributed by atoms with van der Waals surface area (Å²) in [5.41, 5.74) is 0.980. The highest BCUT2D eigenvalue weighted by Crippen LogP contribution is 2.17. The van der Waals surface area contributed by atoms with Gasteiger partial charge in [0, 0.05) is 30.9 Å². The van der Waals surface area contributed by atoms with Crippen LogP contribution < -0.4 is 5.56 Å². The summed E-state index contributed by atoms with van der Waals surface area (Å²) in [6.45, 7) is 4.53. The minimum Gasteiger partial charge on any atom is -0.344 e. The van der Waals surface area contributed by atoms with Gasteiger partial charge in [0.15, 0.2) is 0 Å². The molecular weight excluding hydrogens is 321 g/mol. The lowest BCUT2D eigenvalue weighted by atomic mass is 10.2. The van der Waals surface area contributed by atoms with Crippen LogP contribution in [0.2, 0.25) is 0 Å². The molecule has 1 aromatic carbocycles. The maximum Gasteiger partial charge on any atom is 0.254 e. The van der Waals surface area contributed by atoms with E-state index in [2.05, 4.69) is 11.9 Å². The van der Waals surface area contributed by atoms with Crippen molar-refractivity contribution in [3.05, 3.63) is 52.2 Å². The third-order valence-electron chi connectivity index (χ3n) is 4.09. The van der Waals surface area contributed by atoms with Gasteiger partial charge in [0.05, 0.1) is 0 Å². The average molecular weight is 345 g/mol. The van der Waals surface area contributed by atoms with E-state index in [-0.39, 0.29) is 23.8 Å². The summed E-state index contributed by atoms with van der Waals surface area (Å²) in [6, 6.07) is 7.22. The smallest absolute Gasteiger partial charge is 0.254 e. The Morgan fingerprint density at radius 1 is 1.24 bits per heavy atom. The Hall–Kier alpha value is -2.50. The SMILES string of the molecule is CCCCN(C)C(=O)Cn1c(-c2ccc(F)cc2)nc(CC)cc1=O. The Morgan fingerprint density at radius 3 is 2.52 bits per heavy atom. The molecule has 0 spiro atoms. The van der Waals surface area contributed by atoms with Gasteiger partial charge < -0.3 is 4.90 Å². The third kappa shape index (κ3) is 4.75. The van der Waals surface area contributed by atoms with Crippen molar-refractivity contribution < 1.29 is 9.18 Å². The summed E-state index contributed by atoms with van der Waals surface area (Å²) in [5.74, 6) is -0.119. The predicted octanol–water partition coefficient (Wildman–Crippen LogP) is 2.87. The third-order valence-corrected chi connectivity index (χ3v) is 4.09. The standard InChI is InChI=1S/C19H24FN3O2/c1-4-6-11-22(3)18(25)13-23-17(24)12-16(5-2)21-19(23)14-7-9-15(20)10-8-14/h7-10,12H,4-6,11,13H2,1-3H3. The first kappa shape index (κ1) is 18.8. The Bertz CT molecular complexity index is 784. The number of aryl methyl sites for hydroxylation is 1. The Morgan fingerprint density at radius 2 is 1.92 bits per heavy atom. The number of nitrogens with zero attached hydrogens (tertiary/aromatic N) is 3. The van der Waals surface area contributed by atoms with Crippen LogP contribution in [-0.2, 0) is 17.8 Å². The Balaban J connectivity index is 2.41. The van der Waals surface area contributed by atoms with E-state index in [1.165, 1.54) is 22.8 Å². The van der Waals surface area contributed by atoms with Crippen LogP contribution >= 0.6 is 0 Å². The van der Waals surface area contributed by atoms with E-state index >= 15 is 0 Å². The predicted molar refractivity (Wildman–Crippen MR) is 95.8 cm³/mol. The topological polar surface area (TPSA) is 55.2 Å². The minimum absolute atomic E-state index is 0.0806. The van der Waals surface area contributed by atoms with Crippen LogP contribution in [0.15, 0.2) is 35.1 Å². The van der Waals surface area contributed by atoms with Crippen LogP contribution in [0.4, 0.5) is 4.39 Å². The van der Waals surface area contributed by atoms with Gasteiger partial charge in [0.25, 0.3) is 5.56 Å². The number of likely N-dealkylation sites (N-methyl/N-ethyl adjacent to an activating group) is 1. The molecule has 0 saturated heterocycles. The van der Waals surface area contributed by atoms with Crippen molar-refractivity contribution in [1.29, 1.82) is 0 Å². The first-order valence-electron chi connectivity index (χ1n) is 8.56. The molecule has 0 radical (unpaired) electrons. The van der Waals surface area contributed by atoms with Gasteiger partial charge in [0.1, 0.15) is 18.2 Å². The zero-order valence-electron chi connectivity index (χ0n) is 15.0. The van der Waals surface area contributed by atoms with Crippen LogP contribution in [0.5, 0.6) is 0 Å². The fourth-order valence-corrected chi connectivity index (χ4v) is 2.48. The molecule has 0 aliphatic rings. The van der Waals surface area contributed by atoms with E-state index in [0.717, 1.165) is 12.8 Å². The molecule has 1 aromatic heterocycles. The summed E-state index contributed by atoms with van der Waals surface area (Å²) < 4.78 is 14.6. The number of hydrogen-bond donors (Lipinski definition) is 0. The van der Waals surface area contributed by atoms with Crippen LogP contribution in [0, 0.1) is 5.82 Å². The highest BCUT2D eigenvalue weighted by Gasteiger charge is 2.16. The maximum atomic E-state index is 13.2. The lowest BCUT2D eigenvalue weighted by Gasteiger charge is -2.19. The van der Waals surface area contributed by atoms with Crippen molar-refractivity contribution in [1.82, 2.24) is 14.5 Å². The zero-order chi connectivity index (χ0) is 18.4. The summed E-state index contributed by atoms with van der Waals surface area (Å²) in [4.78, 5) is 31.1. The van der Waals surface area contributed by atoms with E-state index < -0.39 is 0 Å². The fraction of sp³-hybridized carbons (Fsp3) is 0.421. The number of amides is 1. The van der Waals surface area contributed by atoms with Gasteiger partial charge in [-0.1, -0.05) is 20.3 Å². The fourth-order valence-electron chi connectivity index (χ4n) is 2.48. The van der Waals surface area contributed by atoms with E-state index in [1.807, 2.05) is 6.92 Å². The van der Waals surface area contributed by atoms with Gasteiger partial charge in [-0.05, 0) is 37.1 Å². The van der Waals surface area contributed by atoms with E-state index in [9.17, 15) is 14.0 Å². The molecule has 6 heteroatoms. The number of halogens is 1. The molecular formula is C19H24FN3O2. The zero-order valence-corrected chi connectivity index (χ0v) is 15.0. The average Bonchev–Trinajstić information content (AvgIpc) is 2.61. The molecule has 0 atom stereocenters. The molecule has 1 amide bonds. The summed E-state index contributed by atoms with van der Waals surface area (Å²) in [7, 11) is 1.73. The number of unbranched alkanes of at least 4 members (excludes halogenated alkanes) is 1. The van der Waals surface area contributed by atoms with Crippen molar-refractivity contribution in [2.75, 3.05) is 13.6 Å². The highest BCUT2D eigenvalue weighted by atomic mass is 19.1. The molecule has 0 bridgehead atoms. The lowest BCUT2D eigenvalue weighted by molar-refractivity contribution is -0.130. The molecule has 0 N–H and O–H groups in total. The summed E-state index contributed by atoms with van der Waals surface area (Å²) in [5, 5.41) is 0. The molecule has 2 aromatic rings. The largest absolute Gasteiger partial charge is 0.344 e. The minimum atomic E-state index is -0.361. The van der Waals surface area contributed by atoms with Crippen molar-refractivity contribution in [2.45, 2.75) is 39.7 Å². The number of carbonyl (C=O) groups is 1. The van der Waals surface area contributed by atoms with Crippen LogP contribution in [0.1, 0.15) is 32.4 Å². The summed E-state index contributed by atoms with van der Waals surface area (Å²) in [6.07, 6.45) is 2.51. The highest BCUT2D eigenvalue weighted by molar-refractivity contribution is 5.76. The molecule has 0 aliphatic heterocycles. The van der Waals surface area contributed by atoms with Crippen molar-refractivity contribution in [3.8, 4) is 11.4 Å². The normalized spacial score (nSPS) is 10.7. The summed E-state index contributed by atoms with van der Waals surface area (Å²) >= 11 is 0. The Kier molecular flexibility index (Phi) is 6.44. The molecule has 0 unspecified atom stereocenters. The first-order valence-corrected chi connectivity index (χ1v) is 8.56. The van der Waals surface area contributed by atoms with Gasteiger partial charge in [-0.3, -0.25) is 14.2 Å². The molecule has 0 saturated carbocycles. The molecule has 134 valence electrons. The first-order chi connectivity index (χ1) is 12.0. The van der Waals surface area contributed by atoms with Crippen LogP contribution in [0.3, 0.4) is 0 Å². The second kappa shape index (κ2) is 8.55. The molecule has 1 heterocycles. The van der Waals surface area contributed by atoms with E-state index in [0.29, 0.717) is 30.0 Å². The number of rotatable bonds is 7. The molecule has 0 fully saturated rings. The van der Waals surface area contributed by atoms with Crippen LogP contribution in [0.25, 0.3) is 11.4 Å². The molecule has 0 aliphatic carbocycles. The van der Waals surface area contributed by atoms with Gasteiger partial charge in [-0.15, -0.1) is 0 Å². The molecule has 2 rings (SSSR count). The number of hydrogen-bond acceptors (Lipinski definition) is 3. The molecule has 25 heavy (non-hydrogen) atoms. The van der Waals surface area contributed by atoms with Gasteiger partial charge in [-0.25, -0.2) is 9.37 Å². The monoisotopic (exact) mass is 345 g/mol. The lowest BCUT2D eigenvalue weighted by Crippen LogP contribution is -2.35. The Labute approximate surface area is 147 Å². The molecule has 5 nitrogen and oxygen atoms in total.